The second-order valence-electron chi connectivity index (χ2n) is 6.87. The van der Waals surface area contributed by atoms with Crippen LogP contribution in [0, 0.1) is 0 Å². The zero-order chi connectivity index (χ0) is 21.1. The van der Waals surface area contributed by atoms with Gasteiger partial charge >= 0.3 is 0 Å². The second kappa shape index (κ2) is 8.41. The maximum Gasteiger partial charge on any atom is 0.263 e. The van der Waals surface area contributed by atoms with Crippen molar-refractivity contribution in [3.63, 3.8) is 0 Å². The molecule has 0 unspecified atom stereocenters. The monoisotopic (exact) mass is 442 g/mol. The molecule has 0 radical (unpaired) electrons. The number of aromatic nitrogens is 2. The third-order valence-corrected chi connectivity index (χ3v) is 6.82. The fraction of sp³-hybridized carbons (Fsp3) is 0.250. The molecule has 2 N–H and O–H groups in total. The molecule has 1 saturated heterocycles. The van der Waals surface area contributed by atoms with Gasteiger partial charge in [-0.2, -0.15) is 0 Å². The summed E-state index contributed by atoms with van der Waals surface area (Å²) in [4.78, 5) is 12.9. The van der Waals surface area contributed by atoms with Gasteiger partial charge in [0.15, 0.2) is 16.7 Å². The molecule has 0 aliphatic carbocycles. The molecule has 1 aliphatic heterocycles. The van der Waals surface area contributed by atoms with Gasteiger partial charge in [-0.05, 0) is 35.1 Å². The SMILES string of the molecule is CNC(=S)N1CCN(c2nccnc2NS(=O)(=O)c2ccc3ccccc3c2)CC1. The molecule has 0 bridgehead atoms. The number of hydrogen-bond acceptors (Lipinski definition) is 6. The van der Waals surface area contributed by atoms with Gasteiger partial charge in [-0.3, -0.25) is 4.72 Å². The predicted octanol–water partition coefficient (Wildman–Crippen LogP) is 2.06. The minimum atomic E-state index is -3.81. The summed E-state index contributed by atoms with van der Waals surface area (Å²) in [6.45, 7) is 2.75. The van der Waals surface area contributed by atoms with Gasteiger partial charge in [0.05, 0.1) is 4.90 Å². The first-order valence-electron chi connectivity index (χ1n) is 9.52. The molecule has 0 spiro atoms. The number of anilines is 2. The van der Waals surface area contributed by atoms with Crippen molar-refractivity contribution in [1.82, 2.24) is 20.2 Å². The molecule has 2 aromatic carbocycles. The van der Waals surface area contributed by atoms with E-state index in [2.05, 4.69) is 24.9 Å². The summed E-state index contributed by atoms with van der Waals surface area (Å²) in [6.07, 6.45) is 3.04. The standard InChI is InChI=1S/C20H22N6O2S2/c1-21-20(29)26-12-10-25(11-13-26)19-18(22-8-9-23-19)24-30(27,28)17-7-6-15-4-2-3-5-16(15)14-17/h2-9,14H,10-13H2,1H3,(H,21,29)(H,22,24). The Hall–Kier alpha value is -2.98. The molecule has 156 valence electrons. The van der Waals surface area contributed by atoms with Crippen LogP contribution >= 0.6 is 12.2 Å². The van der Waals surface area contributed by atoms with Crippen molar-refractivity contribution in [3.8, 4) is 0 Å². The van der Waals surface area contributed by atoms with Crippen LogP contribution in [0.25, 0.3) is 10.8 Å². The normalized spacial score (nSPS) is 14.6. The Morgan fingerprint density at radius 1 is 1.00 bits per heavy atom. The topological polar surface area (TPSA) is 90.5 Å². The van der Waals surface area contributed by atoms with Crippen LogP contribution in [0.1, 0.15) is 0 Å². The Balaban J connectivity index is 1.57. The molecular weight excluding hydrogens is 420 g/mol. The van der Waals surface area contributed by atoms with E-state index in [-0.39, 0.29) is 10.7 Å². The molecular formula is C20H22N6O2S2. The summed E-state index contributed by atoms with van der Waals surface area (Å²) in [7, 11) is -2.01. The molecule has 0 atom stereocenters. The van der Waals surface area contributed by atoms with Crippen LogP contribution in [0.4, 0.5) is 11.6 Å². The van der Waals surface area contributed by atoms with Gasteiger partial charge in [0.2, 0.25) is 0 Å². The molecule has 1 aromatic heterocycles. The molecule has 1 fully saturated rings. The smallest absolute Gasteiger partial charge is 0.263 e. The molecule has 30 heavy (non-hydrogen) atoms. The molecule has 3 aromatic rings. The highest BCUT2D eigenvalue weighted by Crippen LogP contribution is 2.26. The van der Waals surface area contributed by atoms with Crippen LogP contribution in [0.2, 0.25) is 0 Å². The highest BCUT2D eigenvalue weighted by Gasteiger charge is 2.24. The van der Waals surface area contributed by atoms with Gasteiger partial charge in [0.1, 0.15) is 0 Å². The lowest BCUT2D eigenvalue weighted by molar-refractivity contribution is 0.381. The molecule has 1 aliphatic rings. The van der Waals surface area contributed by atoms with Crippen molar-refractivity contribution in [3.05, 3.63) is 54.9 Å². The summed E-state index contributed by atoms with van der Waals surface area (Å²) < 4.78 is 28.7. The van der Waals surface area contributed by atoms with E-state index in [0.29, 0.717) is 37.1 Å². The number of rotatable bonds is 4. The Morgan fingerprint density at radius 3 is 2.43 bits per heavy atom. The van der Waals surface area contributed by atoms with E-state index in [4.69, 9.17) is 12.2 Å². The number of piperazine rings is 1. The average Bonchev–Trinajstić information content (AvgIpc) is 2.78. The van der Waals surface area contributed by atoms with Gasteiger partial charge in [-0.1, -0.05) is 30.3 Å². The third kappa shape index (κ3) is 4.14. The van der Waals surface area contributed by atoms with E-state index in [1.165, 1.54) is 6.20 Å². The van der Waals surface area contributed by atoms with Gasteiger partial charge < -0.3 is 15.1 Å². The molecule has 10 heteroatoms. The van der Waals surface area contributed by atoms with E-state index in [9.17, 15) is 8.42 Å². The maximum absolute atomic E-state index is 13.0. The number of sulfonamides is 1. The van der Waals surface area contributed by atoms with Crippen molar-refractivity contribution in [1.29, 1.82) is 0 Å². The van der Waals surface area contributed by atoms with Crippen molar-refractivity contribution >= 4 is 49.8 Å². The minimum Gasteiger partial charge on any atom is -0.366 e. The minimum absolute atomic E-state index is 0.182. The summed E-state index contributed by atoms with van der Waals surface area (Å²) in [5, 5.41) is 5.52. The number of benzene rings is 2. The summed E-state index contributed by atoms with van der Waals surface area (Å²) in [6, 6.07) is 12.7. The average molecular weight is 443 g/mol. The van der Waals surface area contributed by atoms with E-state index in [1.807, 2.05) is 29.2 Å². The second-order valence-corrected chi connectivity index (χ2v) is 8.94. The number of hydrogen-bond donors (Lipinski definition) is 2. The van der Waals surface area contributed by atoms with E-state index in [0.717, 1.165) is 10.8 Å². The van der Waals surface area contributed by atoms with Crippen LogP contribution in [-0.2, 0) is 10.0 Å². The number of nitrogens with zero attached hydrogens (tertiary/aromatic N) is 4. The van der Waals surface area contributed by atoms with Crippen LogP contribution in [-0.4, -0.2) is 61.6 Å². The summed E-state index contributed by atoms with van der Waals surface area (Å²) in [5.41, 5.74) is 0. The van der Waals surface area contributed by atoms with Crippen molar-refractivity contribution in [2.75, 3.05) is 42.8 Å². The Labute approximate surface area is 181 Å². The third-order valence-electron chi connectivity index (χ3n) is 5.02. The molecule has 0 saturated carbocycles. The lowest BCUT2D eigenvalue weighted by atomic mass is 10.1. The largest absolute Gasteiger partial charge is 0.366 e. The highest BCUT2D eigenvalue weighted by molar-refractivity contribution is 7.92. The molecule has 0 amide bonds. The fourth-order valence-electron chi connectivity index (χ4n) is 3.43. The van der Waals surface area contributed by atoms with E-state index in [1.54, 1.807) is 31.4 Å². The highest BCUT2D eigenvalue weighted by atomic mass is 32.2. The molecule has 4 rings (SSSR count). The first-order chi connectivity index (χ1) is 14.5. The molecule has 8 nitrogen and oxygen atoms in total. The quantitative estimate of drug-likeness (QED) is 0.594. The van der Waals surface area contributed by atoms with Gasteiger partial charge in [-0.15, -0.1) is 0 Å². The fourth-order valence-corrected chi connectivity index (χ4v) is 4.66. The zero-order valence-electron chi connectivity index (χ0n) is 16.4. The zero-order valence-corrected chi connectivity index (χ0v) is 18.1. The first-order valence-corrected chi connectivity index (χ1v) is 11.4. The van der Waals surface area contributed by atoms with Gasteiger partial charge in [-0.25, -0.2) is 18.4 Å². The lowest BCUT2D eigenvalue weighted by Gasteiger charge is -2.36. The summed E-state index contributed by atoms with van der Waals surface area (Å²) >= 11 is 5.29. The predicted molar refractivity (Wildman–Crippen MR) is 122 cm³/mol. The lowest BCUT2D eigenvalue weighted by Crippen LogP contribution is -2.51. The first kappa shape index (κ1) is 20.3. The number of thiocarbonyl (C=S) groups is 1. The maximum atomic E-state index is 13.0. The van der Waals surface area contributed by atoms with Gasteiger partial charge in [0.25, 0.3) is 10.0 Å². The van der Waals surface area contributed by atoms with Crippen LogP contribution in [0.15, 0.2) is 59.8 Å². The van der Waals surface area contributed by atoms with Gasteiger partial charge in [0, 0.05) is 45.6 Å². The van der Waals surface area contributed by atoms with Crippen molar-refractivity contribution < 1.29 is 8.42 Å². The van der Waals surface area contributed by atoms with E-state index < -0.39 is 10.0 Å². The number of fused-ring (bicyclic) bond motifs is 1. The Morgan fingerprint density at radius 2 is 1.70 bits per heavy atom. The van der Waals surface area contributed by atoms with Crippen molar-refractivity contribution in [2.45, 2.75) is 4.90 Å². The molecule has 2 heterocycles. The van der Waals surface area contributed by atoms with E-state index >= 15 is 0 Å². The van der Waals surface area contributed by atoms with Crippen molar-refractivity contribution in [2.24, 2.45) is 0 Å². The Bertz CT molecular complexity index is 1180. The van der Waals surface area contributed by atoms with Crippen LogP contribution in [0.5, 0.6) is 0 Å². The Kier molecular flexibility index (Phi) is 5.69. The van der Waals surface area contributed by atoms with Crippen LogP contribution < -0.4 is 14.9 Å². The number of nitrogens with one attached hydrogen (secondary N) is 2. The summed E-state index contributed by atoms with van der Waals surface area (Å²) in [5.74, 6) is 0.729. The van der Waals surface area contributed by atoms with Crippen LogP contribution in [0.3, 0.4) is 0 Å².